The Morgan fingerprint density at radius 1 is 1.19 bits per heavy atom. The fourth-order valence-corrected chi connectivity index (χ4v) is 5.94. The lowest BCUT2D eigenvalue weighted by Crippen LogP contribution is -2.68. The van der Waals surface area contributed by atoms with Crippen LogP contribution in [0, 0.1) is 0 Å². The molecule has 1 fully saturated rings. The fourth-order valence-electron chi connectivity index (χ4n) is 4.90. The molecule has 0 bridgehead atoms. The molecule has 1 aliphatic carbocycles. The number of nitrogens with zero attached hydrogens (tertiary/aromatic N) is 2. The van der Waals surface area contributed by atoms with Crippen LogP contribution in [0.1, 0.15) is 59.7 Å². The molecular weight excluding hydrogens is 505 g/mol. The minimum atomic E-state index is -4.46. The summed E-state index contributed by atoms with van der Waals surface area (Å²) in [6, 6.07) is 4.57. The number of hydrogen-bond acceptors (Lipinski definition) is 4. The Morgan fingerprint density at radius 3 is 2.54 bits per heavy atom. The van der Waals surface area contributed by atoms with Crippen LogP contribution in [-0.4, -0.2) is 51.3 Å². The van der Waals surface area contributed by atoms with Gasteiger partial charge in [-0.3, -0.25) is 14.4 Å². The summed E-state index contributed by atoms with van der Waals surface area (Å²) >= 11 is 1.61. The quantitative estimate of drug-likeness (QED) is 0.483. The second kappa shape index (κ2) is 10.7. The first-order valence-electron chi connectivity index (χ1n) is 12.2. The van der Waals surface area contributed by atoms with Crippen molar-refractivity contribution in [3.05, 3.63) is 62.9 Å². The molecule has 2 aliphatic rings. The van der Waals surface area contributed by atoms with Crippen LogP contribution in [0.15, 0.2) is 35.7 Å². The number of fused-ring (bicyclic) bond motifs is 1. The van der Waals surface area contributed by atoms with Crippen molar-refractivity contribution >= 4 is 35.2 Å². The van der Waals surface area contributed by atoms with Crippen molar-refractivity contribution in [3.63, 3.8) is 0 Å². The Balaban J connectivity index is 1.49. The molecule has 1 N–H and O–H groups in total. The number of allylic oxidation sites excluding steroid dienone is 1. The maximum atomic E-state index is 13.7. The number of alkyl halides is 3. The van der Waals surface area contributed by atoms with E-state index in [4.69, 9.17) is 5.11 Å². The minimum absolute atomic E-state index is 0.0264. The van der Waals surface area contributed by atoms with Crippen molar-refractivity contribution < 1.29 is 32.7 Å². The van der Waals surface area contributed by atoms with E-state index in [2.05, 4.69) is 12.2 Å². The first-order chi connectivity index (χ1) is 17.5. The molecule has 1 unspecified atom stereocenters. The summed E-state index contributed by atoms with van der Waals surface area (Å²) in [5.74, 6) is -1.47. The molecule has 37 heavy (non-hydrogen) atoms. The van der Waals surface area contributed by atoms with Gasteiger partial charge in [0, 0.05) is 30.9 Å². The molecule has 1 aliphatic heterocycles. The molecule has 6 nitrogen and oxygen atoms in total. The fraction of sp³-hybridized carbons (Fsp3) is 0.444. The Kier molecular flexibility index (Phi) is 7.77. The van der Waals surface area contributed by atoms with Crippen LogP contribution < -0.4 is 0 Å². The van der Waals surface area contributed by atoms with Crippen LogP contribution >= 0.6 is 11.3 Å². The molecule has 0 spiro atoms. The van der Waals surface area contributed by atoms with E-state index >= 15 is 0 Å². The van der Waals surface area contributed by atoms with Gasteiger partial charge in [-0.05, 0) is 72.9 Å². The number of aliphatic carboxylic acids is 1. The van der Waals surface area contributed by atoms with Crippen molar-refractivity contribution in [2.45, 2.75) is 63.7 Å². The number of benzene rings is 1. The zero-order chi connectivity index (χ0) is 26.8. The molecule has 10 heteroatoms. The molecule has 4 rings (SSSR count). The van der Waals surface area contributed by atoms with E-state index in [1.165, 1.54) is 22.6 Å². The first kappa shape index (κ1) is 26.9. The SMILES string of the molecule is CC1(C(=O)N(CCCC(=O)O)Cc2ccc(C(F)(F)F)cc2)CCN1C(=O)Cc1csc2c1CCC=C2. The van der Waals surface area contributed by atoms with Gasteiger partial charge >= 0.3 is 12.1 Å². The van der Waals surface area contributed by atoms with Gasteiger partial charge in [-0.15, -0.1) is 11.3 Å². The number of thiophene rings is 1. The Bertz CT molecular complexity index is 1210. The van der Waals surface area contributed by atoms with Gasteiger partial charge < -0.3 is 14.9 Å². The van der Waals surface area contributed by atoms with Crippen molar-refractivity contribution in [1.82, 2.24) is 9.80 Å². The van der Waals surface area contributed by atoms with Crippen LogP contribution in [0.25, 0.3) is 6.08 Å². The van der Waals surface area contributed by atoms with Crippen LogP contribution in [-0.2, 0) is 39.9 Å². The van der Waals surface area contributed by atoms with Gasteiger partial charge in [-0.25, -0.2) is 0 Å². The maximum Gasteiger partial charge on any atom is 0.416 e. The zero-order valence-electron chi connectivity index (χ0n) is 20.5. The van der Waals surface area contributed by atoms with E-state index in [-0.39, 0.29) is 44.2 Å². The van der Waals surface area contributed by atoms with E-state index < -0.39 is 23.2 Å². The van der Waals surface area contributed by atoms with Crippen LogP contribution in [0.5, 0.6) is 0 Å². The Morgan fingerprint density at radius 2 is 1.92 bits per heavy atom. The number of halogens is 3. The highest BCUT2D eigenvalue weighted by Crippen LogP contribution is 2.36. The lowest BCUT2D eigenvalue weighted by atomic mass is 9.84. The molecule has 0 saturated carbocycles. The summed E-state index contributed by atoms with van der Waals surface area (Å²) in [5, 5.41) is 11.0. The van der Waals surface area contributed by atoms with Gasteiger partial charge in [0.05, 0.1) is 12.0 Å². The van der Waals surface area contributed by atoms with E-state index in [1.54, 1.807) is 23.2 Å². The predicted molar refractivity (Wildman–Crippen MR) is 134 cm³/mol. The molecule has 1 aromatic carbocycles. The second-order valence-corrected chi connectivity index (χ2v) is 10.6. The number of carboxylic acids is 1. The average Bonchev–Trinajstić information content (AvgIpc) is 3.24. The Labute approximate surface area is 217 Å². The van der Waals surface area contributed by atoms with Gasteiger partial charge in [0.1, 0.15) is 5.54 Å². The van der Waals surface area contributed by atoms with E-state index in [9.17, 15) is 27.6 Å². The summed E-state index contributed by atoms with van der Waals surface area (Å²) in [5.41, 5.74) is 0.803. The van der Waals surface area contributed by atoms with Crippen LogP contribution in [0.4, 0.5) is 13.2 Å². The largest absolute Gasteiger partial charge is 0.481 e. The third-order valence-corrected chi connectivity index (χ3v) is 8.16. The summed E-state index contributed by atoms with van der Waals surface area (Å²) < 4.78 is 38.8. The van der Waals surface area contributed by atoms with Gasteiger partial charge in [-0.2, -0.15) is 13.2 Å². The molecule has 2 amide bonds. The zero-order valence-corrected chi connectivity index (χ0v) is 21.3. The summed E-state index contributed by atoms with van der Waals surface area (Å²) in [6.45, 7) is 2.29. The van der Waals surface area contributed by atoms with Gasteiger partial charge in [-0.1, -0.05) is 18.2 Å². The van der Waals surface area contributed by atoms with E-state index in [1.807, 2.05) is 5.38 Å². The number of likely N-dealkylation sites (tertiary alicyclic amines) is 1. The molecule has 2 aromatic rings. The topological polar surface area (TPSA) is 77.9 Å². The average molecular weight is 535 g/mol. The van der Waals surface area contributed by atoms with Gasteiger partial charge in [0.15, 0.2) is 0 Å². The summed E-state index contributed by atoms with van der Waals surface area (Å²) in [7, 11) is 0. The second-order valence-electron chi connectivity index (χ2n) is 9.71. The van der Waals surface area contributed by atoms with Gasteiger partial charge in [0.25, 0.3) is 0 Å². The Hall–Kier alpha value is -3.14. The van der Waals surface area contributed by atoms with E-state index in [0.717, 1.165) is 35.4 Å². The molecule has 1 aromatic heterocycles. The number of amides is 2. The van der Waals surface area contributed by atoms with Gasteiger partial charge in [0.2, 0.25) is 11.8 Å². The number of carboxylic acid groups (broad SMARTS) is 1. The lowest BCUT2D eigenvalue weighted by molar-refractivity contribution is -0.164. The van der Waals surface area contributed by atoms with Crippen molar-refractivity contribution in [3.8, 4) is 0 Å². The van der Waals surface area contributed by atoms with Crippen molar-refractivity contribution in [1.29, 1.82) is 0 Å². The standard InChI is InChI=1S/C27H29F3N2O4S/c1-26(12-14-32(26)23(33)15-19-17-37-22-6-3-2-5-21(19)22)25(36)31(13-4-7-24(34)35)16-18-8-10-20(11-9-18)27(28,29)30/h3,6,8-11,17H,2,4-5,7,12-16H2,1H3,(H,34,35). The number of rotatable bonds is 9. The maximum absolute atomic E-state index is 13.7. The molecular formula is C27H29F3N2O4S. The number of carbonyl (C=O) groups is 3. The minimum Gasteiger partial charge on any atom is -0.481 e. The third kappa shape index (κ3) is 5.89. The summed E-state index contributed by atoms with van der Waals surface area (Å²) in [6.07, 6.45) is 2.27. The molecule has 2 heterocycles. The monoisotopic (exact) mass is 534 g/mol. The smallest absolute Gasteiger partial charge is 0.416 e. The van der Waals surface area contributed by atoms with E-state index in [0.29, 0.717) is 18.5 Å². The molecule has 1 atom stereocenters. The molecule has 0 radical (unpaired) electrons. The highest BCUT2D eigenvalue weighted by molar-refractivity contribution is 7.11. The number of hydrogen-bond donors (Lipinski definition) is 1. The van der Waals surface area contributed by atoms with Crippen molar-refractivity contribution in [2.75, 3.05) is 13.1 Å². The normalized spacial score (nSPS) is 18.8. The van der Waals surface area contributed by atoms with Crippen molar-refractivity contribution in [2.24, 2.45) is 0 Å². The van der Waals surface area contributed by atoms with Crippen LogP contribution in [0.2, 0.25) is 0 Å². The summed E-state index contributed by atoms with van der Waals surface area (Å²) in [4.78, 5) is 42.2. The first-order valence-corrected chi connectivity index (χ1v) is 13.1. The molecule has 198 valence electrons. The highest BCUT2D eigenvalue weighted by atomic mass is 32.1. The molecule has 1 saturated heterocycles. The number of carbonyl (C=O) groups excluding carboxylic acids is 2. The highest BCUT2D eigenvalue weighted by Gasteiger charge is 2.51. The lowest BCUT2D eigenvalue weighted by Gasteiger charge is -2.51. The predicted octanol–water partition coefficient (Wildman–Crippen LogP) is 5.15. The third-order valence-electron chi connectivity index (χ3n) is 7.13. The van der Waals surface area contributed by atoms with Crippen LogP contribution in [0.3, 0.4) is 0 Å².